The lowest BCUT2D eigenvalue weighted by Crippen LogP contribution is -2.28. The molecule has 1 N–H and O–H groups in total. The van der Waals surface area contributed by atoms with Crippen LogP contribution in [0.5, 0.6) is 11.5 Å². The highest BCUT2D eigenvalue weighted by Gasteiger charge is 2.45. The number of ether oxygens (including phenoxy) is 4. The van der Waals surface area contributed by atoms with E-state index in [4.69, 9.17) is 35.7 Å². The predicted octanol–water partition coefficient (Wildman–Crippen LogP) is 9.25. The summed E-state index contributed by atoms with van der Waals surface area (Å²) in [4.78, 5) is 0. The maximum atomic E-state index is 8.93. The molecule has 0 saturated carbocycles. The number of fused-ring (bicyclic) bond motifs is 3. The molecular formula is C39H43ClO5. The van der Waals surface area contributed by atoms with Crippen LogP contribution in [0, 0.1) is 0 Å². The zero-order chi connectivity index (χ0) is 32.1. The Bertz CT molecular complexity index is 1510. The van der Waals surface area contributed by atoms with E-state index in [9.17, 15) is 0 Å². The number of halogens is 1. The highest BCUT2D eigenvalue weighted by molar-refractivity contribution is 6.25. The predicted molar refractivity (Wildman–Crippen MR) is 183 cm³/mol. The lowest BCUT2D eigenvalue weighted by atomic mass is 9.68. The number of allylic oxidation sites excluding steroid dienone is 2. The topological polar surface area (TPSA) is 57.2 Å². The number of benzene rings is 4. The molecule has 0 bridgehead atoms. The summed E-state index contributed by atoms with van der Waals surface area (Å²) in [5.41, 5.74) is 8.23. The van der Waals surface area contributed by atoms with Crippen molar-refractivity contribution in [1.82, 2.24) is 0 Å². The molecule has 0 atom stereocenters. The summed E-state index contributed by atoms with van der Waals surface area (Å²) >= 11 is 5.66. The molecule has 0 radical (unpaired) electrons. The first kappa shape index (κ1) is 33.7. The highest BCUT2D eigenvalue weighted by atomic mass is 35.5. The van der Waals surface area contributed by atoms with Gasteiger partial charge < -0.3 is 24.1 Å². The van der Waals surface area contributed by atoms with Gasteiger partial charge in [-0.2, -0.15) is 0 Å². The van der Waals surface area contributed by atoms with E-state index < -0.39 is 5.41 Å². The van der Waals surface area contributed by atoms with E-state index in [-0.39, 0.29) is 13.2 Å². The van der Waals surface area contributed by atoms with Gasteiger partial charge in [-0.05, 0) is 77.6 Å². The van der Waals surface area contributed by atoms with E-state index in [1.54, 1.807) is 6.08 Å². The number of aliphatic hydroxyl groups is 1. The molecule has 1 aliphatic carbocycles. The van der Waals surface area contributed by atoms with Gasteiger partial charge in [-0.25, -0.2) is 0 Å². The Labute approximate surface area is 272 Å². The fourth-order valence-corrected chi connectivity index (χ4v) is 5.64. The zero-order valence-electron chi connectivity index (χ0n) is 26.6. The molecule has 0 aromatic heterocycles. The molecule has 5 nitrogen and oxygen atoms in total. The van der Waals surface area contributed by atoms with Gasteiger partial charge >= 0.3 is 0 Å². The summed E-state index contributed by atoms with van der Waals surface area (Å²) in [5, 5.41) is 8.93. The standard InChI is InChI=1S/C36H35ClO5.C3H8/c1-26(39-23-21-38)27(2)40-24-25-42-31-18-14-29(15-19-31)36(28-12-16-30(17-13-28)41-22-7-20-37)34-10-5-3-8-32(34)33-9-4-6-11-35(33)36;1-3-2/h3-20,38H,21-25H2,1-2H3;3H2,1-2H3/b20-7+,27-26?;. The van der Waals surface area contributed by atoms with E-state index >= 15 is 0 Å². The van der Waals surface area contributed by atoms with Crippen molar-refractivity contribution in [2.24, 2.45) is 0 Å². The van der Waals surface area contributed by atoms with Gasteiger partial charge in [-0.15, -0.1) is 0 Å². The second kappa shape index (κ2) is 16.8. The third-order valence-electron chi connectivity index (χ3n) is 7.54. The van der Waals surface area contributed by atoms with E-state index in [2.05, 4.69) is 86.6 Å². The minimum absolute atomic E-state index is 0.0330. The van der Waals surface area contributed by atoms with Crippen LogP contribution in [0.1, 0.15) is 56.4 Å². The van der Waals surface area contributed by atoms with Crippen molar-refractivity contribution in [3.05, 3.63) is 142 Å². The summed E-state index contributed by atoms with van der Waals surface area (Å²) in [7, 11) is 0. The normalized spacial score (nSPS) is 13.2. The number of rotatable bonds is 13. The molecule has 1 aliphatic rings. The van der Waals surface area contributed by atoms with Crippen molar-refractivity contribution >= 4 is 11.6 Å². The average molecular weight is 627 g/mol. The number of aliphatic hydroxyl groups excluding tert-OH is 1. The summed E-state index contributed by atoms with van der Waals surface area (Å²) in [6.45, 7) is 9.31. The lowest BCUT2D eigenvalue weighted by molar-refractivity contribution is 0.111. The molecule has 236 valence electrons. The second-order valence-corrected chi connectivity index (χ2v) is 10.9. The van der Waals surface area contributed by atoms with Crippen LogP contribution in [-0.4, -0.2) is 38.1 Å². The molecule has 0 saturated heterocycles. The van der Waals surface area contributed by atoms with Crippen LogP contribution in [-0.2, 0) is 14.9 Å². The zero-order valence-corrected chi connectivity index (χ0v) is 27.3. The summed E-state index contributed by atoms with van der Waals surface area (Å²) < 4.78 is 23.0. The summed E-state index contributed by atoms with van der Waals surface area (Å²) in [6, 6.07) is 34.0. The van der Waals surface area contributed by atoms with Crippen molar-refractivity contribution in [3.63, 3.8) is 0 Å². The van der Waals surface area contributed by atoms with Crippen LogP contribution in [0.2, 0.25) is 0 Å². The molecule has 0 spiro atoms. The Morgan fingerprint density at radius 3 is 1.62 bits per heavy atom. The van der Waals surface area contributed by atoms with E-state index in [0.29, 0.717) is 31.3 Å². The van der Waals surface area contributed by atoms with Gasteiger partial charge in [0.05, 0.1) is 12.0 Å². The molecule has 4 aromatic rings. The Morgan fingerprint density at radius 1 is 0.667 bits per heavy atom. The van der Waals surface area contributed by atoms with Crippen molar-refractivity contribution in [2.75, 3.05) is 33.0 Å². The minimum atomic E-state index is -0.503. The SMILES string of the molecule is CC(OCCO)=C(C)OCCOc1ccc(C2(c3ccc(OC/C=C/Cl)cc3)c3ccccc3-c3ccccc32)cc1.CCC. The summed E-state index contributed by atoms with van der Waals surface area (Å²) in [5.74, 6) is 2.88. The average Bonchev–Trinajstić information content (AvgIpc) is 3.38. The Hall–Kier alpha value is -4.19. The van der Waals surface area contributed by atoms with E-state index in [1.807, 2.05) is 38.1 Å². The Kier molecular flexibility index (Phi) is 12.6. The van der Waals surface area contributed by atoms with Gasteiger partial charge in [0.1, 0.15) is 49.4 Å². The quantitative estimate of drug-likeness (QED) is 0.104. The molecule has 0 fully saturated rings. The van der Waals surface area contributed by atoms with Crippen molar-refractivity contribution in [1.29, 1.82) is 0 Å². The number of hydrogen-bond acceptors (Lipinski definition) is 5. The fraction of sp³-hybridized carbons (Fsp3) is 0.282. The third-order valence-corrected chi connectivity index (χ3v) is 7.72. The molecule has 5 rings (SSSR count). The first-order valence-electron chi connectivity index (χ1n) is 15.5. The van der Waals surface area contributed by atoms with Crippen molar-refractivity contribution in [2.45, 2.75) is 39.5 Å². The first-order chi connectivity index (χ1) is 22.0. The largest absolute Gasteiger partial charge is 0.492 e. The van der Waals surface area contributed by atoms with Crippen LogP contribution in [0.15, 0.2) is 120 Å². The third kappa shape index (κ3) is 7.73. The van der Waals surface area contributed by atoms with Gasteiger partial charge in [-0.1, -0.05) is 105 Å². The molecular weight excluding hydrogens is 584 g/mol. The molecule has 4 aromatic carbocycles. The van der Waals surface area contributed by atoms with E-state index in [0.717, 1.165) is 22.6 Å². The molecule has 0 amide bonds. The van der Waals surface area contributed by atoms with Crippen LogP contribution >= 0.6 is 11.6 Å². The summed E-state index contributed by atoms with van der Waals surface area (Å²) in [6.07, 6.45) is 3.02. The van der Waals surface area contributed by atoms with Crippen LogP contribution in [0.4, 0.5) is 0 Å². The van der Waals surface area contributed by atoms with Gasteiger partial charge in [0.15, 0.2) is 0 Å². The molecule has 0 unspecified atom stereocenters. The second-order valence-electron chi connectivity index (χ2n) is 10.7. The highest BCUT2D eigenvalue weighted by Crippen LogP contribution is 2.56. The van der Waals surface area contributed by atoms with Crippen molar-refractivity contribution in [3.8, 4) is 22.6 Å². The minimum Gasteiger partial charge on any atom is -0.492 e. The number of hydrogen-bond donors (Lipinski definition) is 1. The van der Waals surface area contributed by atoms with Crippen LogP contribution < -0.4 is 9.47 Å². The van der Waals surface area contributed by atoms with Gasteiger partial charge in [0.2, 0.25) is 0 Å². The van der Waals surface area contributed by atoms with Gasteiger partial charge in [0, 0.05) is 5.54 Å². The van der Waals surface area contributed by atoms with Crippen molar-refractivity contribution < 1.29 is 24.1 Å². The van der Waals surface area contributed by atoms with Crippen LogP contribution in [0.25, 0.3) is 11.1 Å². The Morgan fingerprint density at radius 2 is 1.13 bits per heavy atom. The lowest BCUT2D eigenvalue weighted by Gasteiger charge is -2.34. The monoisotopic (exact) mass is 626 g/mol. The maximum absolute atomic E-state index is 8.93. The van der Waals surface area contributed by atoms with Gasteiger partial charge in [-0.3, -0.25) is 0 Å². The smallest absolute Gasteiger partial charge is 0.130 e. The molecule has 0 aliphatic heterocycles. The molecule has 6 heteroatoms. The molecule has 0 heterocycles. The van der Waals surface area contributed by atoms with Gasteiger partial charge in [0.25, 0.3) is 0 Å². The van der Waals surface area contributed by atoms with E-state index in [1.165, 1.54) is 34.2 Å². The Balaban J connectivity index is 0.00000148. The van der Waals surface area contributed by atoms with Crippen LogP contribution in [0.3, 0.4) is 0 Å². The maximum Gasteiger partial charge on any atom is 0.130 e. The fourth-order valence-electron chi connectivity index (χ4n) is 5.56. The first-order valence-corrected chi connectivity index (χ1v) is 15.9. The molecule has 45 heavy (non-hydrogen) atoms.